The van der Waals surface area contributed by atoms with E-state index in [9.17, 15) is 9.90 Å². The minimum atomic E-state index is -0.759. The lowest BCUT2D eigenvalue weighted by molar-refractivity contribution is -0.0838. The van der Waals surface area contributed by atoms with Gasteiger partial charge in [-0.15, -0.1) is 0 Å². The summed E-state index contributed by atoms with van der Waals surface area (Å²) in [6.07, 6.45) is 1.21. The molecule has 1 amide bonds. The molecule has 0 aromatic heterocycles. The first-order chi connectivity index (χ1) is 6.87. The number of likely N-dealkylation sites (tertiary alicyclic amines) is 1. The van der Waals surface area contributed by atoms with Crippen LogP contribution in [-0.2, 0) is 0 Å². The first kappa shape index (κ1) is 10.7. The van der Waals surface area contributed by atoms with Gasteiger partial charge in [0.1, 0.15) is 0 Å². The average molecular weight is 212 g/mol. The molecule has 2 saturated heterocycles. The molecule has 0 aromatic rings. The van der Waals surface area contributed by atoms with Gasteiger partial charge in [0.05, 0.1) is 5.54 Å². The topological polar surface area (TPSA) is 52.6 Å². The van der Waals surface area contributed by atoms with Gasteiger partial charge in [0.15, 0.2) is 0 Å². The fourth-order valence-corrected chi connectivity index (χ4v) is 2.91. The third-order valence-electron chi connectivity index (χ3n) is 3.82. The summed E-state index contributed by atoms with van der Waals surface area (Å²) in [5.41, 5.74) is -0.0456. The molecule has 86 valence electrons. The molecule has 2 aliphatic heterocycles. The minimum Gasteiger partial charge on any atom is -0.465 e. The summed E-state index contributed by atoms with van der Waals surface area (Å²) in [5.74, 6) is 0. The summed E-state index contributed by atoms with van der Waals surface area (Å²) in [6, 6.07) is 0.176. The number of rotatable bonds is 0. The summed E-state index contributed by atoms with van der Waals surface area (Å²) in [6.45, 7) is 8.11. The number of nitrogens with one attached hydrogen (secondary N) is 1. The fourth-order valence-electron chi connectivity index (χ4n) is 2.91. The largest absolute Gasteiger partial charge is 0.465 e. The minimum absolute atomic E-state index is 0.0478. The summed E-state index contributed by atoms with van der Waals surface area (Å²) >= 11 is 0. The Labute approximate surface area is 90.6 Å². The Kier molecular flexibility index (Phi) is 2.23. The highest BCUT2D eigenvalue weighted by Gasteiger charge is 2.58. The van der Waals surface area contributed by atoms with Gasteiger partial charge in [0, 0.05) is 12.6 Å². The first-order valence-corrected chi connectivity index (χ1v) is 5.60. The van der Waals surface area contributed by atoms with Crippen LogP contribution in [0.25, 0.3) is 0 Å². The van der Waals surface area contributed by atoms with Gasteiger partial charge in [0.25, 0.3) is 0 Å². The zero-order chi connectivity index (χ0) is 11.3. The quantitative estimate of drug-likeness (QED) is 0.640. The van der Waals surface area contributed by atoms with Crippen LogP contribution < -0.4 is 5.32 Å². The van der Waals surface area contributed by atoms with E-state index in [-0.39, 0.29) is 17.0 Å². The fraction of sp³-hybridized carbons (Fsp3) is 0.909. The third-order valence-corrected chi connectivity index (χ3v) is 3.82. The molecule has 2 rings (SSSR count). The predicted molar refractivity (Wildman–Crippen MR) is 57.9 cm³/mol. The second-order valence-electron chi connectivity index (χ2n) is 5.89. The molecule has 4 heteroatoms. The van der Waals surface area contributed by atoms with Crippen molar-refractivity contribution in [3.63, 3.8) is 0 Å². The summed E-state index contributed by atoms with van der Waals surface area (Å²) in [4.78, 5) is 13.0. The number of carboxylic acid groups (broad SMARTS) is 1. The Morgan fingerprint density at radius 2 is 2.20 bits per heavy atom. The van der Waals surface area contributed by atoms with Crippen LogP contribution in [0, 0.1) is 5.41 Å². The van der Waals surface area contributed by atoms with E-state index in [1.165, 1.54) is 0 Å². The second kappa shape index (κ2) is 3.11. The van der Waals surface area contributed by atoms with Crippen molar-refractivity contribution in [1.82, 2.24) is 10.2 Å². The van der Waals surface area contributed by atoms with Crippen molar-refractivity contribution >= 4 is 6.09 Å². The van der Waals surface area contributed by atoms with Gasteiger partial charge in [-0.05, 0) is 24.8 Å². The maximum atomic E-state index is 11.3. The highest BCUT2D eigenvalue weighted by molar-refractivity contribution is 5.68. The average Bonchev–Trinajstić information content (AvgIpc) is 2.46. The van der Waals surface area contributed by atoms with Crippen LogP contribution >= 0.6 is 0 Å². The molecule has 4 nitrogen and oxygen atoms in total. The number of carbonyl (C=O) groups is 1. The summed E-state index contributed by atoms with van der Waals surface area (Å²) in [5, 5.41) is 12.6. The van der Waals surface area contributed by atoms with E-state index in [0.29, 0.717) is 0 Å². The van der Waals surface area contributed by atoms with Crippen LogP contribution in [0.3, 0.4) is 0 Å². The Morgan fingerprint density at radius 1 is 1.53 bits per heavy atom. The molecule has 2 atom stereocenters. The zero-order valence-electron chi connectivity index (χ0n) is 9.71. The van der Waals surface area contributed by atoms with Crippen molar-refractivity contribution in [3.05, 3.63) is 0 Å². The Hall–Kier alpha value is -0.770. The Bertz CT molecular complexity index is 277. The van der Waals surface area contributed by atoms with Crippen molar-refractivity contribution in [2.45, 2.75) is 45.2 Å². The second-order valence-corrected chi connectivity index (χ2v) is 5.89. The van der Waals surface area contributed by atoms with E-state index in [0.717, 1.165) is 25.9 Å². The third kappa shape index (κ3) is 1.51. The van der Waals surface area contributed by atoms with Crippen LogP contribution in [-0.4, -0.2) is 40.8 Å². The molecule has 2 N–H and O–H groups in total. The van der Waals surface area contributed by atoms with Crippen molar-refractivity contribution in [1.29, 1.82) is 0 Å². The van der Waals surface area contributed by atoms with Crippen molar-refractivity contribution in [2.24, 2.45) is 5.41 Å². The van der Waals surface area contributed by atoms with Gasteiger partial charge >= 0.3 is 6.09 Å². The van der Waals surface area contributed by atoms with Gasteiger partial charge < -0.3 is 10.4 Å². The maximum Gasteiger partial charge on any atom is 0.408 e. The van der Waals surface area contributed by atoms with Crippen molar-refractivity contribution in [3.8, 4) is 0 Å². The molecule has 2 fully saturated rings. The van der Waals surface area contributed by atoms with Gasteiger partial charge in [0.2, 0.25) is 0 Å². The number of amides is 1. The standard InChI is InChI=1S/C11H20N2O2/c1-10(2,3)8-6-11(4-5-12-7-11)13(8)9(14)15/h8,12H,4-7H2,1-3H3,(H,14,15). The predicted octanol–water partition coefficient (Wildman–Crippen LogP) is 1.52. The van der Waals surface area contributed by atoms with Gasteiger partial charge in [-0.2, -0.15) is 0 Å². The highest BCUT2D eigenvalue weighted by atomic mass is 16.4. The van der Waals surface area contributed by atoms with Crippen molar-refractivity contribution in [2.75, 3.05) is 13.1 Å². The number of hydrogen-bond acceptors (Lipinski definition) is 2. The van der Waals surface area contributed by atoms with Gasteiger partial charge in [-0.1, -0.05) is 20.8 Å². The first-order valence-electron chi connectivity index (χ1n) is 5.60. The molecular formula is C11H20N2O2. The maximum absolute atomic E-state index is 11.3. The molecule has 0 bridgehead atoms. The van der Waals surface area contributed by atoms with E-state index in [1.54, 1.807) is 4.90 Å². The summed E-state index contributed by atoms with van der Waals surface area (Å²) in [7, 11) is 0. The smallest absolute Gasteiger partial charge is 0.408 e. The number of nitrogens with zero attached hydrogens (tertiary/aromatic N) is 1. The molecule has 0 aliphatic carbocycles. The molecule has 0 saturated carbocycles. The van der Waals surface area contributed by atoms with Crippen molar-refractivity contribution < 1.29 is 9.90 Å². The molecular weight excluding hydrogens is 192 g/mol. The molecule has 0 radical (unpaired) electrons. The monoisotopic (exact) mass is 212 g/mol. The van der Waals surface area contributed by atoms with Crippen LogP contribution in [0.4, 0.5) is 4.79 Å². The van der Waals surface area contributed by atoms with Gasteiger partial charge in [-0.3, -0.25) is 4.90 Å². The van der Waals surface area contributed by atoms with E-state index >= 15 is 0 Å². The lowest BCUT2D eigenvalue weighted by atomic mass is 9.68. The number of hydrogen-bond donors (Lipinski definition) is 2. The molecule has 2 unspecified atom stereocenters. The van der Waals surface area contributed by atoms with E-state index in [1.807, 2.05) is 0 Å². The van der Waals surface area contributed by atoms with Crippen LogP contribution in [0.15, 0.2) is 0 Å². The SMILES string of the molecule is CC(C)(C)C1CC2(CCNC2)N1C(=O)O. The molecule has 15 heavy (non-hydrogen) atoms. The van der Waals surface area contributed by atoms with E-state index in [4.69, 9.17) is 0 Å². The summed E-state index contributed by atoms with van der Waals surface area (Å²) < 4.78 is 0. The lowest BCUT2D eigenvalue weighted by Crippen LogP contribution is -2.71. The lowest BCUT2D eigenvalue weighted by Gasteiger charge is -2.59. The highest BCUT2D eigenvalue weighted by Crippen LogP contribution is 2.47. The zero-order valence-corrected chi connectivity index (χ0v) is 9.71. The van der Waals surface area contributed by atoms with Crippen LogP contribution in [0.5, 0.6) is 0 Å². The molecule has 1 spiro atoms. The van der Waals surface area contributed by atoms with Crippen LogP contribution in [0.2, 0.25) is 0 Å². The van der Waals surface area contributed by atoms with Crippen LogP contribution in [0.1, 0.15) is 33.6 Å². The molecule has 2 heterocycles. The Morgan fingerprint density at radius 3 is 2.60 bits per heavy atom. The molecule has 2 aliphatic rings. The van der Waals surface area contributed by atoms with E-state index in [2.05, 4.69) is 26.1 Å². The van der Waals surface area contributed by atoms with Gasteiger partial charge in [-0.25, -0.2) is 4.79 Å². The Balaban J connectivity index is 2.18. The normalized spacial score (nSPS) is 35.7. The molecule has 0 aromatic carbocycles. The van der Waals surface area contributed by atoms with E-state index < -0.39 is 6.09 Å².